The highest BCUT2D eigenvalue weighted by Gasteiger charge is 2.19. The summed E-state index contributed by atoms with van der Waals surface area (Å²) in [6, 6.07) is 8.52. The molecule has 0 saturated carbocycles. The minimum absolute atomic E-state index is 0.643. The summed E-state index contributed by atoms with van der Waals surface area (Å²) in [6.07, 6.45) is 2.56. The number of nitrogens with zero attached hydrogens (tertiary/aromatic N) is 1. The molecule has 1 unspecified atom stereocenters. The lowest BCUT2D eigenvalue weighted by Crippen LogP contribution is -2.29. The number of aromatic nitrogens is 1. The van der Waals surface area contributed by atoms with E-state index in [1.807, 2.05) is 6.07 Å². The lowest BCUT2D eigenvalue weighted by molar-refractivity contribution is 0.444. The van der Waals surface area contributed by atoms with Crippen LogP contribution in [0.25, 0.3) is 10.9 Å². The number of aryl methyl sites for hydroxylation is 1. The molecule has 1 aromatic carbocycles. The van der Waals surface area contributed by atoms with Gasteiger partial charge in [0.05, 0.1) is 0 Å². The zero-order valence-electron chi connectivity index (χ0n) is 10.7. The van der Waals surface area contributed by atoms with Crippen molar-refractivity contribution in [1.82, 2.24) is 9.88 Å². The third kappa shape index (κ3) is 2.04. The van der Waals surface area contributed by atoms with Crippen molar-refractivity contribution in [1.29, 1.82) is 0 Å². The number of benzene rings is 1. The van der Waals surface area contributed by atoms with Crippen LogP contribution in [0, 0.1) is 0 Å². The summed E-state index contributed by atoms with van der Waals surface area (Å²) in [5, 5.41) is 5.59. The number of hydrogen-bond donors (Lipinski definition) is 1. The molecule has 2 nitrogen and oxygen atoms in total. The second-order valence-electron chi connectivity index (χ2n) is 5.06. The van der Waals surface area contributed by atoms with Crippen molar-refractivity contribution < 1.29 is 0 Å². The van der Waals surface area contributed by atoms with E-state index in [0.29, 0.717) is 5.92 Å². The number of nitrogens with one attached hydrogen (secondary N) is 1. The van der Waals surface area contributed by atoms with Gasteiger partial charge < -0.3 is 9.88 Å². The summed E-state index contributed by atoms with van der Waals surface area (Å²) >= 11 is 6.09. The Kier molecular flexibility index (Phi) is 3.31. The van der Waals surface area contributed by atoms with Gasteiger partial charge in [0.15, 0.2) is 0 Å². The van der Waals surface area contributed by atoms with Crippen molar-refractivity contribution in [2.75, 3.05) is 13.1 Å². The van der Waals surface area contributed by atoms with Gasteiger partial charge in [0.1, 0.15) is 0 Å². The molecule has 3 rings (SSSR count). The van der Waals surface area contributed by atoms with E-state index < -0.39 is 0 Å². The van der Waals surface area contributed by atoms with Crippen LogP contribution >= 0.6 is 11.6 Å². The van der Waals surface area contributed by atoms with E-state index in [9.17, 15) is 0 Å². The number of halogens is 1. The van der Waals surface area contributed by atoms with Gasteiger partial charge in [0.2, 0.25) is 0 Å². The minimum atomic E-state index is 0.643. The Morgan fingerprint density at radius 2 is 2.28 bits per heavy atom. The molecule has 0 aliphatic carbocycles. The van der Waals surface area contributed by atoms with Gasteiger partial charge in [0, 0.05) is 40.6 Å². The SMILES string of the molecule is CCn1c(C2CCCNC2)cc2cc(Cl)ccc21. The van der Waals surface area contributed by atoms with E-state index >= 15 is 0 Å². The van der Waals surface area contributed by atoms with E-state index in [1.165, 1.54) is 29.4 Å². The molecule has 96 valence electrons. The Morgan fingerprint density at radius 1 is 1.39 bits per heavy atom. The summed E-state index contributed by atoms with van der Waals surface area (Å²) in [5.74, 6) is 0.643. The molecular formula is C15H19ClN2. The maximum absolute atomic E-state index is 6.09. The second kappa shape index (κ2) is 4.94. The Balaban J connectivity index is 2.09. The topological polar surface area (TPSA) is 17.0 Å². The number of fused-ring (bicyclic) bond motifs is 1. The smallest absolute Gasteiger partial charge is 0.0483 e. The van der Waals surface area contributed by atoms with Crippen LogP contribution in [0.1, 0.15) is 31.4 Å². The Morgan fingerprint density at radius 3 is 3.00 bits per heavy atom. The predicted octanol–water partition coefficient (Wildman–Crippen LogP) is 3.78. The number of piperidine rings is 1. The fourth-order valence-electron chi connectivity index (χ4n) is 3.06. The van der Waals surface area contributed by atoms with Crippen molar-refractivity contribution in [3.8, 4) is 0 Å². The van der Waals surface area contributed by atoms with E-state index in [1.54, 1.807) is 0 Å². The summed E-state index contributed by atoms with van der Waals surface area (Å²) in [4.78, 5) is 0. The summed E-state index contributed by atoms with van der Waals surface area (Å²) in [6.45, 7) is 5.50. The van der Waals surface area contributed by atoms with Crippen LogP contribution in [0.2, 0.25) is 5.02 Å². The zero-order chi connectivity index (χ0) is 12.5. The molecule has 1 aliphatic heterocycles. The monoisotopic (exact) mass is 262 g/mol. The first-order valence-electron chi connectivity index (χ1n) is 6.79. The normalized spacial score (nSPS) is 20.4. The molecule has 1 saturated heterocycles. The third-order valence-corrected chi connectivity index (χ3v) is 4.16. The molecule has 0 radical (unpaired) electrons. The highest BCUT2D eigenvalue weighted by Crippen LogP contribution is 2.30. The van der Waals surface area contributed by atoms with Crippen molar-refractivity contribution in [3.05, 3.63) is 35.0 Å². The van der Waals surface area contributed by atoms with E-state index in [2.05, 4.69) is 35.0 Å². The van der Waals surface area contributed by atoms with Crippen LogP contribution in [0.3, 0.4) is 0 Å². The molecule has 2 heterocycles. The highest BCUT2D eigenvalue weighted by atomic mass is 35.5. The Bertz CT molecular complexity index is 553. The molecule has 0 amide bonds. The Labute approximate surface area is 113 Å². The van der Waals surface area contributed by atoms with Gasteiger partial charge in [-0.15, -0.1) is 0 Å². The maximum atomic E-state index is 6.09. The molecule has 3 heteroatoms. The molecule has 0 bridgehead atoms. The van der Waals surface area contributed by atoms with Crippen LogP contribution in [-0.4, -0.2) is 17.7 Å². The van der Waals surface area contributed by atoms with Crippen LogP contribution in [0.15, 0.2) is 24.3 Å². The highest BCUT2D eigenvalue weighted by molar-refractivity contribution is 6.31. The quantitative estimate of drug-likeness (QED) is 0.872. The number of hydrogen-bond acceptors (Lipinski definition) is 1. The fourth-order valence-corrected chi connectivity index (χ4v) is 3.24. The standard InChI is InChI=1S/C15H19ClN2/c1-2-18-14-6-5-13(16)8-12(14)9-15(18)11-4-3-7-17-10-11/h5-6,8-9,11,17H,2-4,7,10H2,1H3. The first kappa shape index (κ1) is 12.1. The average molecular weight is 263 g/mol. The molecule has 0 spiro atoms. The molecule has 1 N–H and O–H groups in total. The van der Waals surface area contributed by atoms with Crippen LogP contribution < -0.4 is 5.32 Å². The maximum Gasteiger partial charge on any atom is 0.0483 e. The molecular weight excluding hydrogens is 244 g/mol. The molecule has 18 heavy (non-hydrogen) atoms. The van der Waals surface area contributed by atoms with Gasteiger partial charge in [-0.2, -0.15) is 0 Å². The van der Waals surface area contributed by atoms with Crippen molar-refractivity contribution >= 4 is 22.5 Å². The molecule has 2 aromatic rings. The summed E-state index contributed by atoms with van der Waals surface area (Å²) in [5.41, 5.74) is 2.77. The van der Waals surface area contributed by atoms with Crippen LogP contribution in [0.5, 0.6) is 0 Å². The zero-order valence-corrected chi connectivity index (χ0v) is 11.5. The van der Waals surface area contributed by atoms with E-state index in [-0.39, 0.29) is 0 Å². The van der Waals surface area contributed by atoms with Gasteiger partial charge in [-0.3, -0.25) is 0 Å². The minimum Gasteiger partial charge on any atom is -0.345 e. The first-order valence-corrected chi connectivity index (χ1v) is 7.17. The van der Waals surface area contributed by atoms with Crippen molar-refractivity contribution in [3.63, 3.8) is 0 Å². The first-order chi connectivity index (χ1) is 8.79. The average Bonchev–Trinajstić information content (AvgIpc) is 2.77. The summed E-state index contributed by atoms with van der Waals surface area (Å²) in [7, 11) is 0. The van der Waals surface area contributed by atoms with Crippen molar-refractivity contribution in [2.45, 2.75) is 32.2 Å². The van der Waals surface area contributed by atoms with E-state index in [0.717, 1.165) is 24.7 Å². The second-order valence-corrected chi connectivity index (χ2v) is 5.50. The lowest BCUT2D eigenvalue weighted by Gasteiger charge is -2.24. The Hall–Kier alpha value is -0.990. The lowest BCUT2D eigenvalue weighted by atomic mass is 9.96. The van der Waals surface area contributed by atoms with Crippen LogP contribution in [0.4, 0.5) is 0 Å². The molecule has 1 aromatic heterocycles. The van der Waals surface area contributed by atoms with Gasteiger partial charge in [-0.25, -0.2) is 0 Å². The van der Waals surface area contributed by atoms with Gasteiger partial charge >= 0.3 is 0 Å². The van der Waals surface area contributed by atoms with E-state index in [4.69, 9.17) is 11.6 Å². The van der Waals surface area contributed by atoms with Gasteiger partial charge in [0.25, 0.3) is 0 Å². The molecule has 1 fully saturated rings. The third-order valence-electron chi connectivity index (χ3n) is 3.93. The molecule has 1 aliphatic rings. The predicted molar refractivity (Wildman–Crippen MR) is 77.5 cm³/mol. The van der Waals surface area contributed by atoms with Crippen molar-refractivity contribution in [2.24, 2.45) is 0 Å². The molecule has 1 atom stereocenters. The van der Waals surface area contributed by atoms with Crippen LogP contribution in [-0.2, 0) is 6.54 Å². The number of rotatable bonds is 2. The largest absolute Gasteiger partial charge is 0.345 e. The summed E-state index contributed by atoms with van der Waals surface area (Å²) < 4.78 is 2.43. The van der Waals surface area contributed by atoms with Gasteiger partial charge in [-0.1, -0.05) is 11.6 Å². The fraction of sp³-hybridized carbons (Fsp3) is 0.467. The van der Waals surface area contributed by atoms with Gasteiger partial charge in [-0.05, 0) is 50.6 Å².